The van der Waals surface area contributed by atoms with Gasteiger partial charge in [0.2, 0.25) is 0 Å². The number of nitrogens with zero attached hydrogens (tertiary/aromatic N) is 2. The molecule has 0 atom stereocenters. The molecule has 1 aliphatic rings. The van der Waals surface area contributed by atoms with Crippen LogP contribution < -0.4 is 5.32 Å². The van der Waals surface area contributed by atoms with Crippen LogP contribution in [0, 0.1) is 0 Å². The van der Waals surface area contributed by atoms with Crippen LogP contribution in [0.15, 0.2) is 0 Å². The molecule has 0 amide bonds. The maximum Gasteiger partial charge on any atom is 0.107 e. The summed E-state index contributed by atoms with van der Waals surface area (Å²) in [5, 5.41) is 4.56. The Morgan fingerprint density at radius 1 is 1.21 bits per heavy atom. The van der Waals surface area contributed by atoms with Crippen molar-refractivity contribution in [1.82, 2.24) is 15.2 Å². The largest absolute Gasteiger partial charge is 0.315 e. The Kier molecular flexibility index (Phi) is 5.79. The molecule has 1 saturated heterocycles. The third-order valence-electron chi connectivity index (χ3n) is 3.71. The van der Waals surface area contributed by atoms with Crippen molar-refractivity contribution in [3.8, 4) is 0 Å². The normalized spacial score (nSPS) is 17.9. The zero-order valence-electron chi connectivity index (χ0n) is 12.5. The Bertz CT molecular complexity index is 379. The molecule has 0 saturated carbocycles. The number of likely N-dealkylation sites (tertiary alicyclic amines) is 1. The molecule has 0 unspecified atom stereocenters. The number of hydrogen-bond donors (Lipinski definition) is 1. The van der Waals surface area contributed by atoms with Crippen LogP contribution in [0.1, 0.15) is 61.0 Å². The third kappa shape index (κ3) is 4.26. The summed E-state index contributed by atoms with van der Waals surface area (Å²) < 4.78 is 0. The van der Waals surface area contributed by atoms with Gasteiger partial charge in [-0.1, -0.05) is 26.7 Å². The second-order valence-electron chi connectivity index (χ2n) is 5.79. The quantitative estimate of drug-likeness (QED) is 0.897. The summed E-state index contributed by atoms with van der Waals surface area (Å²) in [6.07, 6.45) is 5.50. The molecule has 2 rings (SSSR count). The summed E-state index contributed by atoms with van der Waals surface area (Å²) in [6, 6.07) is 0. The molecule has 1 aromatic rings. The van der Waals surface area contributed by atoms with Crippen LogP contribution in [0.4, 0.5) is 0 Å². The Hall–Kier alpha value is -0.450. The van der Waals surface area contributed by atoms with Crippen molar-refractivity contribution in [2.75, 3.05) is 20.1 Å². The lowest BCUT2D eigenvalue weighted by atomic mass is 10.1. The van der Waals surface area contributed by atoms with E-state index in [1.165, 1.54) is 54.4 Å². The Labute approximate surface area is 121 Å². The highest BCUT2D eigenvalue weighted by atomic mass is 32.1. The van der Waals surface area contributed by atoms with Crippen LogP contribution >= 0.6 is 11.3 Å². The van der Waals surface area contributed by atoms with Crippen molar-refractivity contribution in [1.29, 1.82) is 0 Å². The van der Waals surface area contributed by atoms with Crippen LogP contribution in [-0.2, 0) is 13.1 Å². The molecule has 19 heavy (non-hydrogen) atoms. The smallest absolute Gasteiger partial charge is 0.107 e. The van der Waals surface area contributed by atoms with Crippen LogP contribution in [0.25, 0.3) is 0 Å². The van der Waals surface area contributed by atoms with Crippen molar-refractivity contribution >= 4 is 11.3 Å². The summed E-state index contributed by atoms with van der Waals surface area (Å²) in [5.74, 6) is 0.525. The van der Waals surface area contributed by atoms with E-state index in [9.17, 15) is 0 Å². The van der Waals surface area contributed by atoms with Crippen molar-refractivity contribution in [2.45, 2.75) is 58.5 Å². The molecule has 108 valence electrons. The predicted octanol–water partition coefficient (Wildman–Crippen LogP) is 3.36. The highest BCUT2D eigenvalue weighted by Crippen LogP contribution is 2.26. The maximum absolute atomic E-state index is 4.89. The first-order valence-electron chi connectivity index (χ1n) is 7.56. The van der Waals surface area contributed by atoms with Gasteiger partial charge in [-0.2, -0.15) is 0 Å². The van der Waals surface area contributed by atoms with Crippen molar-refractivity contribution < 1.29 is 0 Å². The van der Waals surface area contributed by atoms with Crippen LogP contribution in [-0.4, -0.2) is 30.0 Å². The van der Waals surface area contributed by atoms with E-state index in [0.717, 1.165) is 13.1 Å². The first-order chi connectivity index (χ1) is 9.20. The first-order valence-corrected chi connectivity index (χ1v) is 8.37. The fraction of sp³-hybridized carbons (Fsp3) is 0.800. The van der Waals surface area contributed by atoms with E-state index >= 15 is 0 Å². The van der Waals surface area contributed by atoms with E-state index in [-0.39, 0.29) is 0 Å². The lowest BCUT2D eigenvalue weighted by molar-refractivity contribution is 0.276. The number of rotatable bonds is 5. The van der Waals surface area contributed by atoms with Gasteiger partial charge in [0.25, 0.3) is 0 Å². The average molecular weight is 281 g/mol. The van der Waals surface area contributed by atoms with Crippen LogP contribution in [0.3, 0.4) is 0 Å². The Morgan fingerprint density at radius 3 is 2.47 bits per heavy atom. The van der Waals surface area contributed by atoms with Gasteiger partial charge in [-0.25, -0.2) is 4.98 Å². The molecule has 0 spiro atoms. The van der Waals surface area contributed by atoms with Gasteiger partial charge in [-0.05, 0) is 38.9 Å². The lowest BCUT2D eigenvalue weighted by Crippen LogP contribution is -2.23. The third-order valence-corrected chi connectivity index (χ3v) is 4.77. The predicted molar refractivity (Wildman–Crippen MR) is 82.7 cm³/mol. The highest BCUT2D eigenvalue weighted by molar-refractivity contribution is 7.11. The van der Waals surface area contributed by atoms with Gasteiger partial charge < -0.3 is 5.32 Å². The number of aromatic nitrogens is 1. The van der Waals surface area contributed by atoms with E-state index in [4.69, 9.17) is 4.98 Å². The summed E-state index contributed by atoms with van der Waals surface area (Å²) in [6.45, 7) is 8.98. The zero-order valence-corrected chi connectivity index (χ0v) is 13.4. The lowest BCUT2D eigenvalue weighted by Gasteiger charge is -2.17. The fourth-order valence-electron chi connectivity index (χ4n) is 2.71. The van der Waals surface area contributed by atoms with Gasteiger partial charge in [-0.15, -0.1) is 11.3 Å². The summed E-state index contributed by atoms with van der Waals surface area (Å²) in [7, 11) is 2.01. The summed E-state index contributed by atoms with van der Waals surface area (Å²) in [5.41, 5.74) is 1.30. The van der Waals surface area contributed by atoms with Crippen LogP contribution in [0.5, 0.6) is 0 Å². The standard InChI is InChI=1S/C15H27N3S/c1-12(2)15-13(10-16-3)19-14(17-15)11-18-8-6-4-5-7-9-18/h12,16H,4-11H2,1-3H3. The van der Waals surface area contributed by atoms with Crippen LogP contribution in [0.2, 0.25) is 0 Å². The number of nitrogens with one attached hydrogen (secondary N) is 1. The zero-order chi connectivity index (χ0) is 13.7. The summed E-state index contributed by atoms with van der Waals surface area (Å²) in [4.78, 5) is 8.89. The number of thiazole rings is 1. The van der Waals surface area contributed by atoms with Gasteiger partial charge in [0.05, 0.1) is 12.2 Å². The fourth-order valence-corrected chi connectivity index (χ4v) is 3.98. The molecule has 4 heteroatoms. The second-order valence-corrected chi connectivity index (χ2v) is 6.96. The molecule has 0 aromatic carbocycles. The Balaban J connectivity index is 2.04. The summed E-state index contributed by atoms with van der Waals surface area (Å²) >= 11 is 1.90. The van der Waals surface area contributed by atoms with Gasteiger partial charge in [0.1, 0.15) is 5.01 Å². The molecule has 1 fully saturated rings. The molecule has 3 nitrogen and oxygen atoms in total. The van der Waals surface area contributed by atoms with Crippen molar-refractivity contribution in [3.63, 3.8) is 0 Å². The molecule has 0 aliphatic carbocycles. The monoisotopic (exact) mass is 281 g/mol. The van der Waals surface area contributed by atoms with E-state index in [2.05, 4.69) is 24.1 Å². The first kappa shape index (κ1) is 14.9. The van der Waals surface area contributed by atoms with Gasteiger partial charge in [-0.3, -0.25) is 4.90 Å². The van der Waals surface area contributed by atoms with Crippen molar-refractivity contribution in [2.24, 2.45) is 0 Å². The van der Waals surface area contributed by atoms with Crippen molar-refractivity contribution in [3.05, 3.63) is 15.6 Å². The highest BCUT2D eigenvalue weighted by Gasteiger charge is 2.16. The topological polar surface area (TPSA) is 28.2 Å². The van der Waals surface area contributed by atoms with E-state index in [1.807, 2.05) is 18.4 Å². The molecule has 1 aromatic heterocycles. The van der Waals surface area contributed by atoms with Gasteiger partial charge in [0.15, 0.2) is 0 Å². The van der Waals surface area contributed by atoms with E-state index in [0.29, 0.717) is 5.92 Å². The Morgan fingerprint density at radius 2 is 1.89 bits per heavy atom. The average Bonchev–Trinajstić information content (AvgIpc) is 2.59. The maximum atomic E-state index is 4.89. The molecule has 2 heterocycles. The minimum Gasteiger partial charge on any atom is -0.315 e. The number of hydrogen-bond acceptors (Lipinski definition) is 4. The minimum absolute atomic E-state index is 0.525. The molecular weight excluding hydrogens is 254 g/mol. The van der Waals surface area contributed by atoms with E-state index < -0.39 is 0 Å². The minimum atomic E-state index is 0.525. The molecule has 1 aliphatic heterocycles. The van der Waals surface area contributed by atoms with Gasteiger partial charge in [0, 0.05) is 11.4 Å². The van der Waals surface area contributed by atoms with Gasteiger partial charge >= 0.3 is 0 Å². The molecule has 1 N–H and O–H groups in total. The molecular formula is C15H27N3S. The SMILES string of the molecule is CNCc1sc(CN2CCCCCC2)nc1C(C)C. The molecule has 0 radical (unpaired) electrons. The second kappa shape index (κ2) is 7.36. The van der Waals surface area contributed by atoms with E-state index in [1.54, 1.807) is 0 Å². The molecule has 0 bridgehead atoms.